The molecule has 2 saturated heterocycles. The molecule has 1 spiro atoms. The van der Waals surface area contributed by atoms with Crippen molar-refractivity contribution in [2.45, 2.75) is 12.0 Å². The van der Waals surface area contributed by atoms with Crippen molar-refractivity contribution in [3.63, 3.8) is 0 Å². The zero-order chi connectivity index (χ0) is 12.8. The highest BCUT2D eigenvalue weighted by Gasteiger charge is 2.51. The molecular weight excluding hydrogens is 258 g/mol. The van der Waals surface area contributed by atoms with Gasteiger partial charge >= 0.3 is 6.03 Å². The smallest absolute Gasteiger partial charge is 0.322 e. The summed E-state index contributed by atoms with van der Waals surface area (Å²) in [7, 11) is 0. The molecule has 8 nitrogen and oxygen atoms in total. The molecule has 3 rings (SSSR count). The van der Waals surface area contributed by atoms with Crippen LogP contribution in [0.15, 0.2) is 5.38 Å². The van der Waals surface area contributed by atoms with E-state index in [1.807, 2.05) is 0 Å². The standard InChI is InChI=1S/C9H9N5O3S/c15-6(5-3-18-13-12-5)14-2-1-9(4-14)7(16)10-8(17)11-9/h3H,1-2,4H2,(H2,10,11,16,17). The Kier molecular flexibility index (Phi) is 2.30. The Labute approximate surface area is 106 Å². The first-order valence-electron chi connectivity index (χ1n) is 5.31. The maximum absolute atomic E-state index is 12.0. The van der Waals surface area contributed by atoms with Crippen LogP contribution < -0.4 is 10.6 Å². The molecule has 3 heterocycles. The molecule has 1 atom stereocenters. The lowest BCUT2D eigenvalue weighted by Gasteiger charge is -2.20. The van der Waals surface area contributed by atoms with Gasteiger partial charge in [-0.15, -0.1) is 5.10 Å². The molecule has 0 bridgehead atoms. The molecule has 0 saturated carbocycles. The molecule has 2 fully saturated rings. The van der Waals surface area contributed by atoms with Crippen LogP contribution >= 0.6 is 11.5 Å². The third-order valence-electron chi connectivity index (χ3n) is 3.15. The molecule has 9 heteroatoms. The summed E-state index contributed by atoms with van der Waals surface area (Å²) in [6.45, 7) is 0.574. The van der Waals surface area contributed by atoms with E-state index in [0.29, 0.717) is 13.0 Å². The number of carbonyl (C=O) groups is 3. The van der Waals surface area contributed by atoms with Crippen LogP contribution in [0.25, 0.3) is 0 Å². The summed E-state index contributed by atoms with van der Waals surface area (Å²) in [6, 6.07) is -0.510. The quantitative estimate of drug-likeness (QED) is 0.633. The van der Waals surface area contributed by atoms with Crippen LogP contribution in [-0.4, -0.2) is 51.0 Å². The number of rotatable bonds is 1. The Morgan fingerprint density at radius 3 is 2.94 bits per heavy atom. The van der Waals surface area contributed by atoms with Gasteiger partial charge in [-0.1, -0.05) is 4.49 Å². The number of amides is 4. The van der Waals surface area contributed by atoms with Gasteiger partial charge in [0.2, 0.25) is 0 Å². The predicted molar refractivity (Wildman–Crippen MR) is 59.8 cm³/mol. The van der Waals surface area contributed by atoms with Crippen LogP contribution in [0.2, 0.25) is 0 Å². The van der Waals surface area contributed by atoms with E-state index >= 15 is 0 Å². The summed E-state index contributed by atoms with van der Waals surface area (Å²) >= 11 is 1.09. The lowest BCUT2D eigenvalue weighted by Crippen LogP contribution is -2.49. The Balaban J connectivity index is 1.78. The molecule has 94 valence electrons. The normalized spacial score (nSPS) is 26.6. The Morgan fingerprint density at radius 2 is 2.33 bits per heavy atom. The molecule has 2 aliphatic heterocycles. The molecule has 2 aliphatic rings. The number of carbonyl (C=O) groups excluding carboxylic acids is 3. The second kappa shape index (κ2) is 3.73. The maximum atomic E-state index is 12.0. The fourth-order valence-corrected chi connectivity index (χ4v) is 2.65. The summed E-state index contributed by atoms with van der Waals surface area (Å²) in [6.07, 6.45) is 0.411. The van der Waals surface area contributed by atoms with E-state index in [4.69, 9.17) is 0 Å². The van der Waals surface area contributed by atoms with Gasteiger partial charge in [-0.25, -0.2) is 4.79 Å². The highest BCUT2D eigenvalue weighted by Crippen LogP contribution is 2.25. The number of nitrogens with zero attached hydrogens (tertiary/aromatic N) is 3. The molecule has 1 aromatic rings. The van der Waals surface area contributed by atoms with Gasteiger partial charge in [-0.2, -0.15) is 0 Å². The van der Waals surface area contributed by atoms with E-state index in [2.05, 4.69) is 20.2 Å². The fourth-order valence-electron chi connectivity index (χ4n) is 2.22. The van der Waals surface area contributed by atoms with Crippen LogP contribution in [0, 0.1) is 0 Å². The minimum atomic E-state index is -0.976. The number of likely N-dealkylation sites (tertiary alicyclic amines) is 1. The van der Waals surface area contributed by atoms with Crippen molar-refractivity contribution in [3.05, 3.63) is 11.1 Å². The number of hydrogen-bond donors (Lipinski definition) is 2. The van der Waals surface area contributed by atoms with E-state index in [1.165, 1.54) is 4.90 Å². The zero-order valence-electron chi connectivity index (χ0n) is 9.17. The molecule has 4 amide bonds. The monoisotopic (exact) mass is 267 g/mol. The van der Waals surface area contributed by atoms with Crippen molar-refractivity contribution in [3.8, 4) is 0 Å². The molecule has 2 N–H and O–H groups in total. The summed E-state index contributed by atoms with van der Waals surface area (Å²) < 4.78 is 3.63. The Hall–Kier alpha value is -2.03. The van der Waals surface area contributed by atoms with Gasteiger partial charge in [0, 0.05) is 11.9 Å². The molecule has 0 radical (unpaired) electrons. The van der Waals surface area contributed by atoms with Gasteiger partial charge in [0.15, 0.2) is 5.69 Å². The Bertz CT molecular complexity index is 530. The first kappa shape index (κ1) is 11.1. The van der Waals surface area contributed by atoms with Crippen molar-refractivity contribution < 1.29 is 14.4 Å². The summed E-state index contributed by atoms with van der Waals surface area (Å²) in [5, 5.41) is 10.0. The average Bonchev–Trinajstić information content (AvgIpc) is 3.01. The van der Waals surface area contributed by atoms with Gasteiger partial charge in [0.1, 0.15) is 5.54 Å². The summed E-state index contributed by atoms with van der Waals surface area (Å²) in [5.41, 5.74) is -0.710. The minimum Gasteiger partial charge on any atom is -0.334 e. The van der Waals surface area contributed by atoms with Crippen molar-refractivity contribution in [1.82, 2.24) is 25.1 Å². The van der Waals surface area contributed by atoms with E-state index < -0.39 is 11.6 Å². The van der Waals surface area contributed by atoms with Gasteiger partial charge in [0.25, 0.3) is 11.8 Å². The van der Waals surface area contributed by atoms with Crippen LogP contribution in [0.5, 0.6) is 0 Å². The van der Waals surface area contributed by atoms with Crippen LogP contribution in [0.4, 0.5) is 4.79 Å². The minimum absolute atomic E-state index is 0.168. The predicted octanol–water partition coefficient (Wildman–Crippen LogP) is -1.04. The first-order chi connectivity index (χ1) is 8.61. The summed E-state index contributed by atoms with van der Waals surface area (Å²) in [4.78, 5) is 36.4. The lowest BCUT2D eigenvalue weighted by molar-refractivity contribution is -0.123. The van der Waals surface area contributed by atoms with Crippen molar-refractivity contribution >= 4 is 29.4 Å². The number of nitrogens with one attached hydrogen (secondary N) is 2. The molecule has 1 aromatic heterocycles. The third-order valence-corrected chi connectivity index (χ3v) is 3.65. The second-order valence-corrected chi connectivity index (χ2v) is 4.87. The summed E-state index contributed by atoms with van der Waals surface area (Å²) in [5.74, 6) is -0.645. The number of hydrogen-bond acceptors (Lipinski definition) is 6. The second-order valence-electron chi connectivity index (χ2n) is 4.26. The fraction of sp³-hybridized carbons (Fsp3) is 0.444. The van der Waals surface area contributed by atoms with Gasteiger partial charge in [-0.3, -0.25) is 14.9 Å². The lowest BCUT2D eigenvalue weighted by atomic mass is 10.00. The number of aromatic nitrogens is 2. The van der Waals surface area contributed by atoms with Crippen LogP contribution in [0.3, 0.4) is 0 Å². The van der Waals surface area contributed by atoms with E-state index in [-0.39, 0.29) is 24.1 Å². The first-order valence-corrected chi connectivity index (χ1v) is 6.14. The van der Waals surface area contributed by atoms with Crippen LogP contribution in [-0.2, 0) is 4.79 Å². The average molecular weight is 267 g/mol. The maximum Gasteiger partial charge on any atom is 0.322 e. The molecule has 0 aliphatic carbocycles. The highest BCUT2D eigenvalue weighted by molar-refractivity contribution is 7.03. The van der Waals surface area contributed by atoms with Gasteiger partial charge in [-0.05, 0) is 18.0 Å². The van der Waals surface area contributed by atoms with E-state index in [9.17, 15) is 14.4 Å². The molecule has 0 aromatic carbocycles. The molecular formula is C9H9N5O3S. The number of urea groups is 1. The largest absolute Gasteiger partial charge is 0.334 e. The Morgan fingerprint density at radius 1 is 1.50 bits per heavy atom. The van der Waals surface area contributed by atoms with E-state index in [0.717, 1.165) is 11.5 Å². The number of imide groups is 1. The highest BCUT2D eigenvalue weighted by atomic mass is 32.1. The third kappa shape index (κ3) is 1.55. The zero-order valence-corrected chi connectivity index (χ0v) is 9.99. The SMILES string of the molecule is O=C1NC(=O)C2(CCN(C(=O)c3csnn3)C2)N1. The molecule has 1 unspecified atom stereocenters. The van der Waals surface area contributed by atoms with Crippen LogP contribution in [0.1, 0.15) is 16.9 Å². The van der Waals surface area contributed by atoms with Crippen molar-refractivity contribution in [2.75, 3.05) is 13.1 Å². The van der Waals surface area contributed by atoms with E-state index in [1.54, 1.807) is 5.38 Å². The molecule has 18 heavy (non-hydrogen) atoms. The van der Waals surface area contributed by atoms with Gasteiger partial charge < -0.3 is 10.2 Å². The van der Waals surface area contributed by atoms with Crippen molar-refractivity contribution in [2.24, 2.45) is 0 Å². The van der Waals surface area contributed by atoms with Gasteiger partial charge in [0.05, 0.1) is 6.54 Å². The van der Waals surface area contributed by atoms with Crippen molar-refractivity contribution in [1.29, 1.82) is 0 Å². The topological polar surface area (TPSA) is 104 Å².